The molecule has 1 aliphatic carbocycles. The van der Waals surface area contributed by atoms with Gasteiger partial charge in [-0.05, 0) is 42.7 Å². The van der Waals surface area contributed by atoms with E-state index in [4.69, 9.17) is 0 Å². The second-order valence-electron chi connectivity index (χ2n) is 6.58. The summed E-state index contributed by atoms with van der Waals surface area (Å²) in [4.78, 5) is 30.4. The molecule has 0 bridgehead atoms. The monoisotopic (exact) mass is 395 g/mol. The zero-order valence-corrected chi connectivity index (χ0v) is 15.8. The van der Waals surface area contributed by atoms with Gasteiger partial charge in [0.05, 0.1) is 11.6 Å². The van der Waals surface area contributed by atoms with Crippen LogP contribution in [0.5, 0.6) is 0 Å². The van der Waals surface area contributed by atoms with E-state index in [0.29, 0.717) is 23.7 Å². The molecule has 142 valence electrons. The minimum Gasteiger partial charge on any atom is -0.351 e. The Hall–Kier alpha value is -3.06. The highest BCUT2D eigenvalue weighted by atomic mass is 32.1. The Morgan fingerprint density at radius 2 is 1.86 bits per heavy atom. The molecule has 0 spiro atoms. The molecule has 0 saturated carbocycles. The van der Waals surface area contributed by atoms with Crippen LogP contribution in [0.3, 0.4) is 0 Å². The number of fused-ring (bicyclic) bond motifs is 1. The summed E-state index contributed by atoms with van der Waals surface area (Å²) in [6, 6.07) is 15.0. The first-order valence-corrected chi connectivity index (χ1v) is 9.80. The van der Waals surface area contributed by atoms with Gasteiger partial charge in [0.1, 0.15) is 5.82 Å². The molecule has 7 heteroatoms. The predicted octanol–water partition coefficient (Wildman–Crippen LogP) is 3.88. The number of amides is 2. The molecule has 3 aromatic rings. The van der Waals surface area contributed by atoms with Crippen molar-refractivity contribution in [2.24, 2.45) is 0 Å². The van der Waals surface area contributed by atoms with Gasteiger partial charge in [-0.1, -0.05) is 30.3 Å². The second kappa shape index (κ2) is 7.90. The van der Waals surface area contributed by atoms with E-state index in [0.717, 1.165) is 22.6 Å². The number of aromatic nitrogens is 1. The Balaban J connectivity index is 1.40. The summed E-state index contributed by atoms with van der Waals surface area (Å²) >= 11 is 1.42. The van der Waals surface area contributed by atoms with Gasteiger partial charge in [-0.3, -0.25) is 14.9 Å². The van der Waals surface area contributed by atoms with Gasteiger partial charge in [0.2, 0.25) is 5.91 Å². The zero-order chi connectivity index (χ0) is 19.5. The Bertz CT molecular complexity index is 1000. The number of benzene rings is 2. The van der Waals surface area contributed by atoms with Crippen LogP contribution in [0, 0.1) is 5.82 Å². The van der Waals surface area contributed by atoms with E-state index in [1.165, 1.54) is 23.5 Å². The van der Waals surface area contributed by atoms with Crippen LogP contribution in [-0.4, -0.2) is 16.8 Å². The van der Waals surface area contributed by atoms with Crippen LogP contribution < -0.4 is 10.6 Å². The van der Waals surface area contributed by atoms with E-state index in [-0.39, 0.29) is 23.5 Å². The molecule has 1 aliphatic rings. The number of nitrogens with zero attached hydrogens (tertiary/aromatic N) is 1. The highest BCUT2D eigenvalue weighted by molar-refractivity contribution is 7.16. The lowest BCUT2D eigenvalue weighted by molar-refractivity contribution is -0.122. The molecule has 0 saturated heterocycles. The lowest BCUT2D eigenvalue weighted by Crippen LogP contribution is -2.28. The number of carbonyl (C=O) groups is 2. The van der Waals surface area contributed by atoms with Crippen LogP contribution in [0.25, 0.3) is 0 Å². The number of halogens is 1. The van der Waals surface area contributed by atoms with Crippen LogP contribution in [0.15, 0.2) is 54.6 Å². The number of carbonyl (C=O) groups excluding carboxylic acids is 2. The molecule has 5 nitrogen and oxygen atoms in total. The van der Waals surface area contributed by atoms with E-state index >= 15 is 0 Å². The number of hydrogen-bond acceptors (Lipinski definition) is 4. The highest BCUT2D eigenvalue weighted by Gasteiger charge is 2.32. The van der Waals surface area contributed by atoms with Crippen molar-refractivity contribution in [3.63, 3.8) is 0 Å². The Kier molecular flexibility index (Phi) is 5.16. The molecule has 1 heterocycles. The maximum Gasteiger partial charge on any atom is 0.257 e. The summed E-state index contributed by atoms with van der Waals surface area (Å²) in [5.74, 6) is -0.947. The quantitative estimate of drug-likeness (QED) is 0.689. The van der Waals surface area contributed by atoms with Gasteiger partial charge in [0.25, 0.3) is 5.91 Å². The minimum absolute atomic E-state index is 0.102. The van der Waals surface area contributed by atoms with Crippen molar-refractivity contribution < 1.29 is 14.0 Å². The van der Waals surface area contributed by atoms with Crippen LogP contribution in [0.4, 0.5) is 9.52 Å². The van der Waals surface area contributed by atoms with Gasteiger partial charge >= 0.3 is 0 Å². The van der Waals surface area contributed by atoms with Crippen molar-refractivity contribution in [3.8, 4) is 0 Å². The standard InChI is InChI=1S/C21H18FN3O2S/c22-15-8-6-13(7-9-15)12-23-20(27)16-10-11-17-18(16)24-21(28-17)25-19(26)14-4-2-1-3-5-14/h1-9,16H,10-12H2,(H,23,27)(H,24,25,26). The maximum absolute atomic E-state index is 13.0. The fourth-order valence-corrected chi connectivity index (χ4v) is 4.24. The van der Waals surface area contributed by atoms with Gasteiger partial charge < -0.3 is 5.32 Å². The van der Waals surface area contributed by atoms with E-state index in [2.05, 4.69) is 15.6 Å². The fourth-order valence-electron chi connectivity index (χ4n) is 3.21. The molecule has 2 aromatic carbocycles. The van der Waals surface area contributed by atoms with Crippen molar-refractivity contribution in [1.29, 1.82) is 0 Å². The lowest BCUT2D eigenvalue weighted by Gasteiger charge is -2.11. The molecule has 0 fully saturated rings. The lowest BCUT2D eigenvalue weighted by atomic mass is 10.1. The third-order valence-corrected chi connectivity index (χ3v) is 5.72. The Morgan fingerprint density at radius 1 is 1.11 bits per heavy atom. The molecule has 2 amide bonds. The second-order valence-corrected chi connectivity index (χ2v) is 7.67. The Labute approximate surface area is 165 Å². The van der Waals surface area contributed by atoms with Crippen molar-refractivity contribution in [1.82, 2.24) is 10.3 Å². The van der Waals surface area contributed by atoms with E-state index in [1.807, 2.05) is 6.07 Å². The Morgan fingerprint density at radius 3 is 2.61 bits per heavy atom. The summed E-state index contributed by atoms with van der Waals surface area (Å²) < 4.78 is 13.0. The van der Waals surface area contributed by atoms with Crippen LogP contribution in [0.1, 0.15) is 38.8 Å². The molecule has 0 radical (unpaired) electrons. The predicted molar refractivity (Wildman–Crippen MR) is 106 cm³/mol. The zero-order valence-electron chi connectivity index (χ0n) is 14.9. The van der Waals surface area contributed by atoms with E-state index in [9.17, 15) is 14.0 Å². The van der Waals surface area contributed by atoms with Crippen molar-refractivity contribution >= 4 is 28.3 Å². The normalized spacial score (nSPS) is 15.1. The van der Waals surface area contributed by atoms with Crippen molar-refractivity contribution in [2.75, 3.05) is 5.32 Å². The van der Waals surface area contributed by atoms with Gasteiger partial charge in [0, 0.05) is 17.0 Å². The third kappa shape index (κ3) is 3.94. The van der Waals surface area contributed by atoms with Gasteiger partial charge in [-0.15, -0.1) is 11.3 Å². The molecule has 1 unspecified atom stereocenters. The fraction of sp³-hybridized carbons (Fsp3) is 0.190. The number of rotatable bonds is 5. The molecular weight excluding hydrogens is 377 g/mol. The molecule has 2 N–H and O–H groups in total. The number of thiazole rings is 1. The number of aryl methyl sites for hydroxylation is 1. The van der Waals surface area contributed by atoms with Crippen molar-refractivity contribution in [3.05, 3.63) is 82.1 Å². The molecule has 1 aromatic heterocycles. The molecule has 4 rings (SSSR count). The molecule has 0 aliphatic heterocycles. The first-order valence-electron chi connectivity index (χ1n) is 8.98. The largest absolute Gasteiger partial charge is 0.351 e. The average molecular weight is 395 g/mol. The molecule has 28 heavy (non-hydrogen) atoms. The summed E-state index contributed by atoms with van der Waals surface area (Å²) in [6.45, 7) is 0.340. The SMILES string of the molecule is O=C(Nc1nc2c(s1)CCC2C(=O)NCc1ccc(F)cc1)c1ccccc1. The first-order chi connectivity index (χ1) is 13.6. The van der Waals surface area contributed by atoms with Gasteiger partial charge in [-0.2, -0.15) is 0 Å². The summed E-state index contributed by atoms with van der Waals surface area (Å²) in [7, 11) is 0. The molecular formula is C21H18FN3O2S. The van der Waals surface area contributed by atoms with E-state index < -0.39 is 0 Å². The van der Waals surface area contributed by atoms with Crippen LogP contribution in [-0.2, 0) is 17.8 Å². The third-order valence-electron chi connectivity index (χ3n) is 4.67. The van der Waals surface area contributed by atoms with Gasteiger partial charge in [0.15, 0.2) is 5.13 Å². The summed E-state index contributed by atoms with van der Waals surface area (Å²) in [6.07, 6.45) is 1.47. The number of hydrogen-bond donors (Lipinski definition) is 2. The average Bonchev–Trinajstić information content (AvgIpc) is 3.28. The van der Waals surface area contributed by atoms with E-state index in [1.54, 1.807) is 36.4 Å². The minimum atomic E-state index is -0.325. The molecule has 1 atom stereocenters. The highest BCUT2D eigenvalue weighted by Crippen LogP contribution is 2.38. The number of anilines is 1. The van der Waals surface area contributed by atoms with Crippen LogP contribution in [0.2, 0.25) is 0 Å². The maximum atomic E-state index is 13.0. The smallest absolute Gasteiger partial charge is 0.257 e. The van der Waals surface area contributed by atoms with Crippen molar-refractivity contribution in [2.45, 2.75) is 25.3 Å². The van der Waals surface area contributed by atoms with Crippen LogP contribution >= 0.6 is 11.3 Å². The van der Waals surface area contributed by atoms with Gasteiger partial charge in [-0.25, -0.2) is 9.37 Å². The summed E-state index contributed by atoms with van der Waals surface area (Å²) in [5.41, 5.74) is 2.14. The summed E-state index contributed by atoms with van der Waals surface area (Å²) in [5, 5.41) is 6.21. The topological polar surface area (TPSA) is 71.1 Å². The first kappa shape index (κ1) is 18.3. The number of nitrogens with one attached hydrogen (secondary N) is 2.